The molecule has 1 aromatic rings. The number of hydrogen-bond donors (Lipinski definition) is 3. The lowest BCUT2D eigenvalue weighted by Crippen LogP contribution is -2.18. The highest BCUT2D eigenvalue weighted by atomic mass is 16.5. The van der Waals surface area contributed by atoms with Crippen LogP contribution in [0.2, 0.25) is 0 Å². The topological polar surface area (TPSA) is 76.4 Å². The predicted molar refractivity (Wildman–Crippen MR) is 71.7 cm³/mol. The Hall–Kier alpha value is -1.75. The van der Waals surface area contributed by atoms with Crippen LogP contribution in [0.4, 0.5) is 11.4 Å². The molecule has 1 atom stereocenters. The summed E-state index contributed by atoms with van der Waals surface area (Å²) in [6.07, 6.45) is 1.09. The smallest absolute Gasteiger partial charge is 0.251 e. The van der Waals surface area contributed by atoms with Gasteiger partial charge in [0.2, 0.25) is 0 Å². The number of nitrogens with one attached hydrogen (secondary N) is 2. The van der Waals surface area contributed by atoms with Gasteiger partial charge in [-0.05, 0) is 24.6 Å². The van der Waals surface area contributed by atoms with Crippen molar-refractivity contribution in [1.29, 1.82) is 0 Å². The maximum Gasteiger partial charge on any atom is 0.251 e. The van der Waals surface area contributed by atoms with Crippen LogP contribution in [0, 0.1) is 5.92 Å². The highest BCUT2D eigenvalue weighted by Gasteiger charge is 2.15. The number of ether oxygens (including phenoxy) is 1. The van der Waals surface area contributed by atoms with Gasteiger partial charge in [-0.1, -0.05) is 0 Å². The summed E-state index contributed by atoms with van der Waals surface area (Å²) in [5, 5.41) is 5.88. The summed E-state index contributed by atoms with van der Waals surface area (Å²) in [5.74, 6) is 0.417. The summed E-state index contributed by atoms with van der Waals surface area (Å²) in [7, 11) is 1.60. The van der Waals surface area contributed by atoms with Crippen molar-refractivity contribution in [2.24, 2.45) is 5.92 Å². The first kappa shape index (κ1) is 12.7. The van der Waals surface area contributed by atoms with Gasteiger partial charge in [0.05, 0.1) is 18.0 Å². The van der Waals surface area contributed by atoms with Crippen molar-refractivity contribution in [3.05, 3.63) is 23.8 Å². The molecule has 0 aromatic heterocycles. The van der Waals surface area contributed by atoms with E-state index in [1.54, 1.807) is 19.2 Å². The first-order chi connectivity index (χ1) is 8.70. The number of hydrogen-bond acceptors (Lipinski definition) is 4. The molecule has 1 amide bonds. The summed E-state index contributed by atoms with van der Waals surface area (Å²) in [5.41, 5.74) is 7.96. The average Bonchev–Trinajstić information content (AvgIpc) is 2.89. The van der Waals surface area contributed by atoms with Crippen LogP contribution in [0.25, 0.3) is 0 Å². The van der Waals surface area contributed by atoms with Gasteiger partial charge in [-0.15, -0.1) is 0 Å². The van der Waals surface area contributed by atoms with Crippen molar-refractivity contribution in [3.8, 4) is 0 Å². The number of nitrogens with two attached hydrogens (primary N) is 1. The number of carbonyl (C=O) groups is 1. The van der Waals surface area contributed by atoms with Gasteiger partial charge in [0, 0.05) is 31.7 Å². The van der Waals surface area contributed by atoms with E-state index in [0.717, 1.165) is 31.9 Å². The van der Waals surface area contributed by atoms with Gasteiger partial charge in [-0.2, -0.15) is 0 Å². The number of anilines is 2. The Morgan fingerprint density at radius 3 is 3.00 bits per heavy atom. The van der Waals surface area contributed by atoms with Crippen molar-refractivity contribution in [1.82, 2.24) is 5.32 Å². The SMILES string of the molecule is CNC(=O)c1ccc(NCC2CCOC2)c(N)c1. The molecule has 18 heavy (non-hydrogen) atoms. The normalized spacial score (nSPS) is 18.6. The van der Waals surface area contributed by atoms with Crippen LogP contribution in [-0.4, -0.2) is 32.7 Å². The minimum atomic E-state index is -0.127. The molecule has 0 saturated carbocycles. The molecule has 0 aliphatic carbocycles. The molecule has 1 heterocycles. The van der Waals surface area contributed by atoms with Gasteiger partial charge in [0.1, 0.15) is 0 Å². The molecule has 1 aromatic carbocycles. The maximum atomic E-state index is 11.4. The van der Waals surface area contributed by atoms with Crippen molar-refractivity contribution >= 4 is 17.3 Å². The Morgan fingerprint density at radius 1 is 1.56 bits per heavy atom. The lowest BCUT2D eigenvalue weighted by molar-refractivity contribution is 0.0963. The van der Waals surface area contributed by atoms with Gasteiger partial charge in [-0.3, -0.25) is 4.79 Å². The first-order valence-corrected chi connectivity index (χ1v) is 6.14. The van der Waals surface area contributed by atoms with Crippen LogP contribution >= 0.6 is 0 Å². The third-order valence-corrected chi connectivity index (χ3v) is 3.15. The minimum Gasteiger partial charge on any atom is -0.397 e. The van der Waals surface area contributed by atoms with Crippen LogP contribution < -0.4 is 16.4 Å². The molecular weight excluding hydrogens is 230 g/mol. The summed E-state index contributed by atoms with van der Waals surface area (Å²) >= 11 is 0. The molecule has 1 aliphatic heterocycles. The number of carbonyl (C=O) groups excluding carboxylic acids is 1. The molecule has 2 rings (SSSR count). The molecule has 0 spiro atoms. The largest absolute Gasteiger partial charge is 0.397 e. The molecule has 1 aliphatic rings. The van der Waals surface area contributed by atoms with E-state index in [1.807, 2.05) is 6.07 Å². The van der Waals surface area contributed by atoms with Crippen LogP contribution in [0.15, 0.2) is 18.2 Å². The molecule has 1 unspecified atom stereocenters. The van der Waals surface area contributed by atoms with Gasteiger partial charge in [0.25, 0.3) is 5.91 Å². The quantitative estimate of drug-likeness (QED) is 0.698. The Balaban J connectivity index is 1.98. The molecule has 0 bridgehead atoms. The lowest BCUT2D eigenvalue weighted by Gasteiger charge is -2.13. The Bertz CT molecular complexity index is 428. The summed E-state index contributed by atoms with van der Waals surface area (Å²) < 4.78 is 5.32. The molecule has 0 radical (unpaired) electrons. The Labute approximate surface area is 107 Å². The van der Waals surface area contributed by atoms with Gasteiger partial charge in [-0.25, -0.2) is 0 Å². The zero-order chi connectivity index (χ0) is 13.0. The van der Waals surface area contributed by atoms with Crippen LogP contribution in [0.1, 0.15) is 16.8 Å². The molecule has 5 heteroatoms. The van der Waals surface area contributed by atoms with E-state index >= 15 is 0 Å². The second-order valence-corrected chi connectivity index (χ2v) is 4.49. The standard InChI is InChI=1S/C13H19N3O2/c1-15-13(17)10-2-3-12(11(14)6-10)16-7-9-4-5-18-8-9/h2-3,6,9,16H,4-5,7-8,14H2,1H3,(H,15,17). The van der Waals surface area contributed by atoms with E-state index in [2.05, 4.69) is 10.6 Å². The van der Waals surface area contributed by atoms with Crippen molar-refractivity contribution in [3.63, 3.8) is 0 Å². The number of rotatable bonds is 4. The Morgan fingerprint density at radius 2 is 2.39 bits per heavy atom. The Kier molecular flexibility index (Phi) is 4.04. The zero-order valence-corrected chi connectivity index (χ0v) is 10.5. The molecule has 1 saturated heterocycles. The summed E-state index contributed by atoms with van der Waals surface area (Å²) in [6, 6.07) is 5.30. The highest BCUT2D eigenvalue weighted by molar-refractivity contribution is 5.95. The predicted octanol–water partition coefficient (Wildman–Crippen LogP) is 1.08. The van der Waals surface area contributed by atoms with E-state index in [9.17, 15) is 4.79 Å². The third-order valence-electron chi connectivity index (χ3n) is 3.15. The van der Waals surface area contributed by atoms with E-state index in [-0.39, 0.29) is 5.91 Å². The fourth-order valence-electron chi connectivity index (χ4n) is 2.01. The second-order valence-electron chi connectivity index (χ2n) is 4.49. The molecule has 5 nitrogen and oxygen atoms in total. The van der Waals surface area contributed by atoms with Gasteiger partial charge in [0.15, 0.2) is 0 Å². The summed E-state index contributed by atoms with van der Waals surface area (Å²) in [6.45, 7) is 2.50. The number of amides is 1. The fraction of sp³-hybridized carbons (Fsp3) is 0.462. The fourth-order valence-corrected chi connectivity index (χ4v) is 2.01. The van der Waals surface area contributed by atoms with Crippen molar-refractivity contribution in [2.75, 3.05) is 37.9 Å². The summed E-state index contributed by atoms with van der Waals surface area (Å²) in [4.78, 5) is 11.4. The average molecular weight is 249 g/mol. The van der Waals surface area contributed by atoms with Gasteiger partial charge < -0.3 is 21.1 Å². The van der Waals surface area contributed by atoms with Gasteiger partial charge >= 0.3 is 0 Å². The van der Waals surface area contributed by atoms with E-state index < -0.39 is 0 Å². The van der Waals surface area contributed by atoms with Crippen LogP contribution in [0.3, 0.4) is 0 Å². The molecule has 98 valence electrons. The zero-order valence-electron chi connectivity index (χ0n) is 10.5. The monoisotopic (exact) mass is 249 g/mol. The second kappa shape index (κ2) is 5.73. The van der Waals surface area contributed by atoms with Crippen molar-refractivity contribution < 1.29 is 9.53 Å². The van der Waals surface area contributed by atoms with Crippen LogP contribution in [-0.2, 0) is 4.74 Å². The van der Waals surface area contributed by atoms with E-state index in [1.165, 1.54) is 0 Å². The number of nitrogen functional groups attached to an aromatic ring is 1. The lowest BCUT2D eigenvalue weighted by atomic mass is 10.1. The molecule has 1 fully saturated rings. The first-order valence-electron chi connectivity index (χ1n) is 6.14. The van der Waals surface area contributed by atoms with E-state index in [0.29, 0.717) is 17.2 Å². The van der Waals surface area contributed by atoms with Crippen LogP contribution in [0.5, 0.6) is 0 Å². The van der Waals surface area contributed by atoms with E-state index in [4.69, 9.17) is 10.5 Å². The maximum absolute atomic E-state index is 11.4. The minimum absolute atomic E-state index is 0.127. The molecular formula is C13H19N3O2. The number of benzene rings is 1. The third kappa shape index (κ3) is 2.92. The van der Waals surface area contributed by atoms with Crippen molar-refractivity contribution in [2.45, 2.75) is 6.42 Å². The highest BCUT2D eigenvalue weighted by Crippen LogP contribution is 2.21. The molecule has 4 N–H and O–H groups in total.